The summed E-state index contributed by atoms with van der Waals surface area (Å²) in [6.45, 7) is 5.26. The molecule has 4 nitrogen and oxygen atoms in total. The maximum Gasteiger partial charge on any atom is 0.253 e. The molecule has 1 aromatic carbocycles. The lowest BCUT2D eigenvalue weighted by Gasteiger charge is -2.24. The zero-order valence-corrected chi connectivity index (χ0v) is 15.3. The monoisotopic (exact) mass is 359 g/mol. The van der Waals surface area contributed by atoms with Crippen LogP contribution in [0.1, 0.15) is 35.2 Å². The Morgan fingerprint density at radius 2 is 2.04 bits per heavy atom. The Morgan fingerprint density at radius 3 is 2.70 bits per heavy atom. The summed E-state index contributed by atoms with van der Waals surface area (Å²) in [7, 11) is 1.92. The number of nitrogens with zero attached hydrogens (tertiary/aromatic N) is 2. The van der Waals surface area contributed by atoms with E-state index in [2.05, 4.69) is 22.3 Å². The van der Waals surface area contributed by atoms with Crippen molar-refractivity contribution >= 4 is 30.7 Å². The van der Waals surface area contributed by atoms with Gasteiger partial charge < -0.3 is 10.2 Å². The SMILES string of the molecule is CN(C(=O)c1cccc(CN2CCCC2)c1)C1CCNC1.Cl.Cl. The van der Waals surface area contributed by atoms with Gasteiger partial charge in [0.25, 0.3) is 5.91 Å². The second-order valence-corrected chi connectivity index (χ2v) is 6.25. The minimum absolute atomic E-state index is 0. The van der Waals surface area contributed by atoms with Gasteiger partial charge >= 0.3 is 0 Å². The third-order valence-electron chi connectivity index (χ3n) is 4.68. The van der Waals surface area contributed by atoms with Crippen molar-refractivity contribution in [3.05, 3.63) is 35.4 Å². The fraction of sp³-hybridized carbons (Fsp3) is 0.588. The number of amides is 1. The van der Waals surface area contributed by atoms with Crippen molar-refractivity contribution in [3.63, 3.8) is 0 Å². The molecule has 2 fully saturated rings. The first-order valence-electron chi connectivity index (χ1n) is 8.03. The largest absolute Gasteiger partial charge is 0.337 e. The van der Waals surface area contributed by atoms with Gasteiger partial charge in [-0.25, -0.2) is 0 Å². The molecule has 1 amide bonds. The van der Waals surface area contributed by atoms with Gasteiger partial charge in [0.2, 0.25) is 0 Å². The molecular weight excluding hydrogens is 333 g/mol. The second-order valence-electron chi connectivity index (χ2n) is 6.25. The highest BCUT2D eigenvalue weighted by molar-refractivity contribution is 5.94. The maximum absolute atomic E-state index is 12.6. The molecule has 2 saturated heterocycles. The van der Waals surface area contributed by atoms with E-state index in [0.29, 0.717) is 6.04 Å². The average molecular weight is 360 g/mol. The Balaban J connectivity index is 0.00000132. The molecule has 3 rings (SSSR count). The molecule has 1 aromatic rings. The minimum atomic E-state index is 0. The van der Waals surface area contributed by atoms with Crippen molar-refractivity contribution in [2.24, 2.45) is 0 Å². The van der Waals surface area contributed by atoms with Crippen LogP contribution in [-0.4, -0.2) is 55.0 Å². The fourth-order valence-corrected chi connectivity index (χ4v) is 3.34. The van der Waals surface area contributed by atoms with Crippen LogP contribution in [0.2, 0.25) is 0 Å². The molecule has 2 aliphatic heterocycles. The van der Waals surface area contributed by atoms with Gasteiger partial charge in [0, 0.05) is 31.7 Å². The van der Waals surface area contributed by atoms with Gasteiger partial charge in [-0.15, -0.1) is 24.8 Å². The van der Waals surface area contributed by atoms with Gasteiger partial charge in [-0.2, -0.15) is 0 Å². The Labute approximate surface area is 151 Å². The Morgan fingerprint density at radius 1 is 1.30 bits per heavy atom. The molecule has 0 saturated carbocycles. The Kier molecular flexibility index (Phi) is 8.34. The van der Waals surface area contributed by atoms with Crippen molar-refractivity contribution in [1.82, 2.24) is 15.1 Å². The summed E-state index contributed by atoms with van der Waals surface area (Å²) in [5, 5.41) is 3.32. The second kappa shape index (κ2) is 9.48. The summed E-state index contributed by atoms with van der Waals surface area (Å²) < 4.78 is 0. The van der Waals surface area contributed by atoms with Crippen LogP contribution in [0.5, 0.6) is 0 Å². The fourth-order valence-electron chi connectivity index (χ4n) is 3.34. The molecule has 2 aliphatic rings. The van der Waals surface area contributed by atoms with E-state index in [1.54, 1.807) is 0 Å². The van der Waals surface area contributed by atoms with Crippen LogP contribution in [0.3, 0.4) is 0 Å². The standard InChI is InChI=1S/C17H25N3O.2ClH/c1-19(16-7-8-18-12-16)17(21)15-6-4-5-14(11-15)13-20-9-2-3-10-20;;/h4-6,11,16,18H,2-3,7-10,12-13H2,1H3;2*1H. The summed E-state index contributed by atoms with van der Waals surface area (Å²) in [5.41, 5.74) is 2.07. The van der Waals surface area contributed by atoms with Crippen LogP contribution in [0.4, 0.5) is 0 Å². The number of likely N-dealkylation sites (tertiary alicyclic amines) is 1. The summed E-state index contributed by atoms with van der Waals surface area (Å²) in [6, 6.07) is 8.49. The molecule has 130 valence electrons. The highest BCUT2D eigenvalue weighted by Crippen LogP contribution is 2.16. The third kappa shape index (κ3) is 5.08. The zero-order valence-electron chi connectivity index (χ0n) is 13.7. The highest BCUT2D eigenvalue weighted by Gasteiger charge is 2.24. The van der Waals surface area contributed by atoms with Crippen molar-refractivity contribution < 1.29 is 4.79 Å². The van der Waals surface area contributed by atoms with Crippen LogP contribution in [0.15, 0.2) is 24.3 Å². The van der Waals surface area contributed by atoms with E-state index in [1.165, 1.54) is 31.5 Å². The van der Waals surface area contributed by atoms with E-state index in [-0.39, 0.29) is 30.7 Å². The average Bonchev–Trinajstić information content (AvgIpc) is 3.19. The Bertz CT molecular complexity index is 500. The van der Waals surface area contributed by atoms with E-state index in [9.17, 15) is 4.79 Å². The van der Waals surface area contributed by atoms with E-state index < -0.39 is 0 Å². The first-order valence-corrected chi connectivity index (χ1v) is 8.03. The smallest absolute Gasteiger partial charge is 0.253 e. The summed E-state index contributed by atoms with van der Waals surface area (Å²) in [6.07, 6.45) is 3.65. The number of halogens is 2. The molecule has 0 spiro atoms. The number of carbonyl (C=O) groups is 1. The number of hydrogen-bond donors (Lipinski definition) is 1. The van der Waals surface area contributed by atoms with Crippen LogP contribution in [0.25, 0.3) is 0 Å². The van der Waals surface area contributed by atoms with Crippen molar-refractivity contribution in [2.45, 2.75) is 31.8 Å². The number of carbonyl (C=O) groups excluding carboxylic acids is 1. The van der Waals surface area contributed by atoms with E-state index >= 15 is 0 Å². The number of nitrogens with one attached hydrogen (secondary N) is 1. The third-order valence-corrected chi connectivity index (χ3v) is 4.68. The molecule has 0 aliphatic carbocycles. The zero-order chi connectivity index (χ0) is 14.7. The van der Waals surface area contributed by atoms with E-state index in [1.807, 2.05) is 24.1 Å². The summed E-state index contributed by atoms with van der Waals surface area (Å²) in [4.78, 5) is 17.0. The lowest BCUT2D eigenvalue weighted by atomic mass is 10.1. The summed E-state index contributed by atoms with van der Waals surface area (Å²) in [5.74, 6) is 0.145. The molecule has 0 bridgehead atoms. The van der Waals surface area contributed by atoms with Gasteiger partial charge in [0.1, 0.15) is 0 Å². The maximum atomic E-state index is 12.6. The van der Waals surface area contributed by atoms with Crippen LogP contribution in [-0.2, 0) is 6.54 Å². The summed E-state index contributed by atoms with van der Waals surface area (Å²) >= 11 is 0. The predicted octanol–water partition coefficient (Wildman–Crippen LogP) is 2.56. The number of hydrogen-bond acceptors (Lipinski definition) is 3. The van der Waals surface area contributed by atoms with Gasteiger partial charge in [-0.05, 0) is 56.6 Å². The predicted molar refractivity (Wildman–Crippen MR) is 98.8 cm³/mol. The van der Waals surface area contributed by atoms with Crippen LogP contribution >= 0.6 is 24.8 Å². The number of rotatable bonds is 4. The Hall–Kier alpha value is -0.810. The van der Waals surface area contributed by atoms with Gasteiger partial charge in [0.05, 0.1) is 0 Å². The van der Waals surface area contributed by atoms with Gasteiger partial charge in [-0.3, -0.25) is 9.69 Å². The van der Waals surface area contributed by atoms with Crippen LogP contribution < -0.4 is 5.32 Å². The molecule has 1 N–H and O–H groups in total. The normalized spacial score (nSPS) is 20.7. The molecule has 23 heavy (non-hydrogen) atoms. The van der Waals surface area contributed by atoms with E-state index in [4.69, 9.17) is 0 Å². The van der Waals surface area contributed by atoms with Crippen molar-refractivity contribution in [3.8, 4) is 0 Å². The highest BCUT2D eigenvalue weighted by atomic mass is 35.5. The lowest BCUT2D eigenvalue weighted by Crippen LogP contribution is -2.38. The molecule has 1 atom stereocenters. The molecule has 0 aromatic heterocycles. The minimum Gasteiger partial charge on any atom is -0.337 e. The first kappa shape index (κ1) is 20.2. The van der Waals surface area contributed by atoms with Crippen LogP contribution in [0, 0.1) is 0 Å². The number of likely N-dealkylation sites (N-methyl/N-ethyl adjacent to an activating group) is 1. The molecule has 0 radical (unpaired) electrons. The van der Waals surface area contributed by atoms with E-state index in [0.717, 1.165) is 31.6 Å². The molecule has 2 heterocycles. The quantitative estimate of drug-likeness (QED) is 0.897. The van der Waals surface area contributed by atoms with Gasteiger partial charge in [0.15, 0.2) is 0 Å². The number of benzene rings is 1. The van der Waals surface area contributed by atoms with Gasteiger partial charge in [-0.1, -0.05) is 12.1 Å². The molecule has 6 heteroatoms. The van der Waals surface area contributed by atoms with Crippen molar-refractivity contribution in [2.75, 3.05) is 33.2 Å². The van der Waals surface area contributed by atoms with Crippen molar-refractivity contribution in [1.29, 1.82) is 0 Å². The first-order chi connectivity index (χ1) is 10.2. The molecule has 1 unspecified atom stereocenters. The lowest BCUT2D eigenvalue weighted by molar-refractivity contribution is 0.0743. The topological polar surface area (TPSA) is 35.6 Å². The molecular formula is C17H27Cl2N3O.